The summed E-state index contributed by atoms with van der Waals surface area (Å²) in [5, 5.41) is 5.01. The van der Waals surface area contributed by atoms with E-state index in [4.69, 9.17) is 15.2 Å². The summed E-state index contributed by atoms with van der Waals surface area (Å²) in [6.45, 7) is 1.36. The lowest BCUT2D eigenvalue weighted by atomic mass is 9.99. The highest BCUT2D eigenvalue weighted by molar-refractivity contribution is 7.13. The number of urea groups is 1. The molecule has 0 aliphatic carbocycles. The molecule has 0 radical (unpaired) electrons. The number of amides is 2. The number of primary amides is 1. The molecule has 2 aromatic rings. The second kappa shape index (κ2) is 6.80. The van der Waals surface area contributed by atoms with E-state index in [0.29, 0.717) is 12.4 Å². The largest absolute Gasteiger partial charge is 0.496 e. The van der Waals surface area contributed by atoms with Gasteiger partial charge in [-0.25, -0.2) is 9.78 Å². The van der Waals surface area contributed by atoms with Crippen LogP contribution in [0.25, 0.3) is 16.1 Å². The SMILES string of the molecule is COc1cc(-c2nc(NC(N)=O)cs2)ccc1C1=CCOCC1. The highest BCUT2D eigenvalue weighted by atomic mass is 32.1. The molecule has 0 spiro atoms. The van der Waals surface area contributed by atoms with Crippen molar-refractivity contribution in [2.75, 3.05) is 25.6 Å². The number of carbonyl (C=O) groups excluding carboxylic acids is 1. The smallest absolute Gasteiger partial charge is 0.317 e. The van der Waals surface area contributed by atoms with Gasteiger partial charge in [0.05, 0.1) is 20.3 Å². The highest BCUT2D eigenvalue weighted by Crippen LogP contribution is 2.35. The minimum atomic E-state index is -0.624. The standard InChI is InChI=1S/C16H17N3O3S/c1-21-13-8-11(15-18-14(9-23-15)19-16(17)20)2-3-12(13)10-4-6-22-7-5-10/h2-4,8-9H,5-7H2,1H3,(H3,17,19,20). The quantitative estimate of drug-likeness (QED) is 0.901. The molecule has 0 saturated carbocycles. The highest BCUT2D eigenvalue weighted by Gasteiger charge is 2.14. The van der Waals surface area contributed by atoms with Crippen LogP contribution in [-0.4, -0.2) is 31.3 Å². The maximum Gasteiger partial charge on any atom is 0.317 e. The lowest BCUT2D eigenvalue weighted by Crippen LogP contribution is -2.19. The monoisotopic (exact) mass is 331 g/mol. The number of nitrogens with zero attached hydrogens (tertiary/aromatic N) is 1. The van der Waals surface area contributed by atoms with E-state index >= 15 is 0 Å². The number of anilines is 1. The zero-order chi connectivity index (χ0) is 16.2. The number of rotatable bonds is 4. The third kappa shape index (κ3) is 3.52. The number of hydrogen-bond donors (Lipinski definition) is 2. The minimum absolute atomic E-state index is 0.452. The van der Waals surface area contributed by atoms with Crippen LogP contribution >= 0.6 is 11.3 Å². The fraction of sp³-hybridized carbons (Fsp3) is 0.250. The second-order valence-electron chi connectivity index (χ2n) is 5.00. The lowest BCUT2D eigenvalue weighted by Gasteiger charge is -2.17. The van der Waals surface area contributed by atoms with Crippen molar-refractivity contribution in [2.45, 2.75) is 6.42 Å². The van der Waals surface area contributed by atoms with Gasteiger partial charge in [-0.3, -0.25) is 5.32 Å². The number of thiazole rings is 1. The molecule has 120 valence electrons. The molecule has 23 heavy (non-hydrogen) atoms. The molecule has 3 rings (SSSR count). The Hall–Kier alpha value is -2.38. The number of nitrogens with one attached hydrogen (secondary N) is 1. The van der Waals surface area contributed by atoms with Gasteiger partial charge in [-0.2, -0.15) is 0 Å². The molecule has 2 amide bonds. The minimum Gasteiger partial charge on any atom is -0.496 e. The fourth-order valence-electron chi connectivity index (χ4n) is 2.45. The van der Waals surface area contributed by atoms with Gasteiger partial charge in [0.1, 0.15) is 16.6 Å². The molecular weight excluding hydrogens is 314 g/mol. The third-order valence-corrected chi connectivity index (χ3v) is 4.40. The summed E-state index contributed by atoms with van der Waals surface area (Å²) >= 11 is 1.43. The summed E-state index contributed by atoms with van der Waals surface area (Å²) in [5.74, 6) is 1.25. The Morgan fingerprint density at radius 3 is 3.04 bits per heavy atom. The zero-order valence-electron chi connectivity index (χ0n) is 12.7. The molecule has 2 heterocycles. The van der Waals surface area contributed by atoms with Gasteiger partial charge >= 0.3 is 6.03 Å². The van der Waals surface area contributed by atoms with Gasteiger partial charge in [0, 0.05) is 16.5 Å². The molecule has 1 aromatic carbocycles. The Labute approximate surface area is 137 Å². The number of benzene rings is 1. The number of nitrogens with two attached hydrogens (primary N) is 1. The summed E-state index contributed by atoms with van der Waals surface area (Å²) in [6, 6.07) is 5.37. The summed E-state index contributed by atoms with van der Waals surface area (Å²) < 4.78 is 10.9. The van der Waals surface area contributed by atoms with E-state index < -0.39 is 6.03 Å². The van der Waals surface area contributed by atoms with Gasteiger partial charge < -0.3 is 15.2 Å². The number of carbonyl (C=O) groups is 1. The van der Waals surface area contributed by atoms with Crippen molar-refractivity contribution < 1.29 is 14.3 Å². The molecule has 0 bridgehead atoms. The predicted molar refractivity (Wildman–Crippen MR) is 90.7 cm³/mol. The maximum absolute atomic E-state index is 10.9. The molecule has 6 nitrogen and oxygen atoms in total. The predicted octanol–water partition coefficient (Wildman–Crippen LogP) is 3.11. The fourth-order valence-corrected chi connectivity index (χ4v) is 3.20. The first-order valence-electron chi connectivity index (χ1n) is 7.15. The number of ether oxygens (including phenoxy) is 2. The molecule has 1 aliphatic rings. The van der Waals surface area contributed by atoms with Crippen molar-refractivity contribution in [3.63, 3.8) is 0 Å². The molecule has 1 aromatic heterocycles. The van der Waals surface area contributed by atoms with Crippen LogP contribution in [0.5, 0.6) is 5.75 Å². The Morgan fingerprint density at radius 1 is 1.48 bits per heavy atom. The van der Waals surface area contributed by atoms with Crippen molar-refractivity contribution in [3.05, 3.63) is 35.2 Å². The van der Waals surface area contributed by atoms with E-state index in [1.807, 2.05) is 18.2 Å². The first kappa shape index (κ1) is 15.5. The summed E-state index contributed by atoms with van der Waals surface area (Å²) in [5.41, 5.74) is 8.34. The average Bonchev–Trinajstić information content (AvgIpc) is 3.02. The van der Waals surface area contributed by atoms with Crippen LogP contribution in [0.4, 0.5) is 10.6 Å². The van der Waals surface area contributed by atoms with Crippen molar-refractivity contribution in [1.82, 2.24) is 4.98 Å². The maximum atomic E-state index is 10.9. The second-order valence-corrected chi connectivity index (χ2v) is 5.85. The topological polar surface area (TPSA) is 86.5 Å². The van der Waals surface area contributed by atoms with E-state index in [2.05, 4.69) is 16.4 Å². The van der Waals surface area contributed by atoms with Crippen molar-refractivity contribution in [1.29, 1.82) is 0 Å². The van der Waals surface area contributed by atoms with Crippen LogP contribution in [0.15, 0.2) is 29.7 Å². The van der Waals surface area contributed by atoms with E-state index in [-0.39, 0.29) is 0 Å². The summed E-state index contributed by atoms with van der Waals surface area (Å²) in [7, 11) is 1.66. The molecule has 0 atom stereocenters. The molecule has 0 saturated heterocycles. The molecule has 1 aliphatic heterocycles. The Kier molecular flexibility index (Phi) is 4.59. The average molecular weight is 331 g/mol. The number of hydrogen-bond acceptors (Lipinski definition) is 5. The van der Waals surface area contributed by atoms with E-state index in [0.717, 1.165) is 34.9 Å². The molecule has 0 fully saturated rings. The first-order valence-corrected chi connectivity index (χ1v) is 8.03. The van der Waals surface area contributed by atoms with Crippen LogP contribution in [0.1, 0.15) is 12.0 Å². The number of methoxy groups -OCH3 is 1. The zero-order valence-corrected chi connectivity index (χ0v) is 13.5. The van der Waals surface area contributed by atoms with Gasteiger partial charge in [-0.15, -0.1) is 11.3 Å². The van der Waals surface area contributed by atoms with Crippen LogP contribution < -0.4 is 15.8 Å². The van der Waals surface area contributed by atoms with Crippen molar-refractivity contribution >= 4 is 28.8 Å². The normalized spacial score (nSPS) is 14.2. The van der Waals surface area contributed by atoms with E-state index in [1.165, 1.54) is 16.9 Å². The summed E-state index contributed by atoms with van der Waals surface area (Å²) in [4.78, 5) is 15.2. The molecular formula is C16H17N3O3S. The van der Waals surface area contributed by atoms with Crippen molar-refractivity contribution in [3.8, 4) is 16.3 Å². The summed E-state index contributed by atoms with van der Waals surface area (Å²) in [6.07, 6.45) is 2.96. The molecule has 3 N–H and O–H groups in total. The van der Waals surface area contributed by atoms with Gasteiger partial charge in [-0.1, -0.05) is 18.2 Å². The lowest BCUT2D eigenvalue weighted by molar-refractivity contribution is 0.161. The number of aromatic nitrogens is 1. The van der Waals surface area contributed by atoms with Crippen LogP contribution in [0.3, 0.4) is 0 Å². The molecule has 7 heteroatoms. The Morgan fingerprint density at radius 2 is 2.35 bits per heavy atom. The third-order valence-electron chi connectivity index (χ3n) is 3.51. The van der Waals surface area contributed by atoms with Crippen molar-refractivity contribution in [2.24, 2.45) is 5.73 Å². The van der Waals surface area contributed by atoms with Crippen LogP contribution in [0, 0.1) is 0 Å². The Bertz CT molecular complexity index is 755. The van der Waals surface area contributed by atoms with Gasteiger partial charge in [0.2, 0.25) is 0 Å². The van der Waals surface area contributed by atoms with E-state index in [1.54, 1.807) is 12.5 Å². The van der Waals surface area contributed by atoms with Crippen LogP contribution in [0.2, 0.25) is 0 Å². The Balaban J connectivity index is 1.91. The van der Waals surface area contributed by atoms with Gasteiger partial charge in [0.15, 0.2) is 0 Å². The first-order chi connectivity index (χ1) is 11.2. The molecule has 0 unspecified atom stereocenters. The van der Waals surface area contributed by atoms with Gasteiger partial charge in [-0.05, 0) is 18.1 Å². The van der Waals surface area contributed by atoms with E-state index in [9.17, 15) is 4.79 Å². The van der Waals surface area contributed by atoms with Gasteiger partial charge in [0.25, 0.3) is 0 Å². The van der Waals surface area contributed by atoms with Crippen LogP contribution in [-0.2, 0) is 4.74 Å².